The van der Waals surface area contributed by atoms with Crippen molar-refractivity contribution in [2.45, 2.75) is 17.0 Å². The Kier molecular flexibility index (Phi) is 4.48. The monoisotopic (exact) mass is 368 g/mol. The van der Waals surface area contributed by atoms with E-state index in [1.165, 1.54) is 45.7 Å². The maximum atomic E-state index is 13.1. The van der Waals surface area contributed by atoms with Crippen molar-refractivity contribution < 1.29 is 22.7 Å². The van der Waals surface area contributed by atoms with Gasteiger partial charge in [-0.05, 0) is 17.7 Å². The van der Waals surface area contributed by atoms with Gasteiger partial charge in [0.15, 0.2) is 5.03 Å². The summed E-state index contributed by atoms with van der Waals surface area (Å²) in [5.74, 6) is -0.836. The first kappa shape index (κ1) is 17.4. The normalized spacial score (nSPS) is 21.4. The van der Waals surface area contributed by atoms with Crippen molar-refractivity contribution in [1.29, 1.82) is 0 Å². The first-order valence-corrected chi connectivity index (χ1v) is 8.94. The second-order valence-corrected chi connectivity index (χ2v) is 7.80. The van der Waals surface area contributed by atoms with E-state index < -0.39 is 33.9 Å². The minimum atomic E-state index is -3.84. The molecule has 2 aromatic rings. The van der Waals surface area contributed by atoms with Gasteiger partial charge in [0.05, 0.1) is 12.4 Å². The van der Waals surface area contributed by atoms with Crippen molar-refractivity contribution >= 4 is 16.1 Å². The van der Waals surface area contributed by atoms with Crippen molar-refractivity contribution in [3.05, 3.63) is 48.2 Å². The molecule has 2 atom stereocenters. The zero-order valence-corrected chi connectivity index (χ0v) is 14.1. The molecule has 8 nitrogen and oxygen atoms in total. The summed E-state index contributed by atoms with van der Waals surface area (Å²) in [6.07, 6.45) is 1.53. The smallest absolute Gasteiger partial charge is 0.404 e. The number of amides is 1. The molecule has 3 rings (SSSR count). The summed E-state index contributed by atoms with van der Waals surface area (Å²) < 4.78 is 41.3. The highest BCUT2D eigenvalue weighted by atomic mass is 32.2. The quantitative estimate of drug-likeness (QED) is 0.837. The summed E-state index contributed by atoms with van der Waals surface area (Å²) in [4.78, 5) is 14.9. The number of carbonyl (C=O) groups is 1. The number of rotatable bonds is 4. The Morgan fingerprint density at radius 3 is 2.56 bits per heavy atom. The maximum Gasteiger partial charge on any atom is 0.404 e. The largest absolute Gasteiger partial charge is 0.465 e. The molecule has 0 bridgehead atoms. The van der Waals surface area contributed by atoms with Crippen LogP contribution in [0.5, 0.6) is 0 Å². The van der Waals surface area contributed by atoms with Gasteiger partial charge in [0.2, 0.25) is 0 Å². The highest BCUT2D eigenvalue weighted by Gasteiger charge is 2.41. The maximum absolute atomic E-state index is 13.1. The van der Waals surface area contributed by atoms with Crippen LogP contribution >= 0.6 is 0 Å². The third kappa shape index (κ3) is 3.49. The minimum absolute atomic E-state index is 0.0206. The molecule has 0 spiro atoms. The van der Waals surface area contributed by atoms with E-state index in [2.05, 4.69) is 10.3 Å². The fourth-order valence-electron chi connectivity index (χ4n) is 2.97. The summed E-state index contributed by atoms with van der Waals surface area (Å²) in [6, 6.07) is 4.97. The average molecular weight is 368 g/mol. The van der Waals surface area contributed by atoms with Crippen LogP contribution in [-0.4, -0.2) is 52.6 Å². The summed E-state index contributed by atoms with van der Waals surface area (Å²) in [6.45, 7) is 0.0583. The summed E-state index contributed by atoms with van der Waals surface area (Å²) in [5.41, 5.74) is 0.666. The van der Waals surface area contributed by atoms with Crippen molar-refractivity contribution in [2.24, 2.45) is 7.05 Å². The highest BCUT2D eigenvalue weighted by Crippen LogP contribution is 2.31. The van der Waals surface area contributed by atoms with E-state index in [1.807, 2.05) is 0 Å². The lowest BCUT2D eigenvalue weighted by molar-refractivity contribution is 0.189. The Balaban J connectivity index is 1.91. The third-order valence-electron chi connectivity index (χ3n) is 4.18. The number of imidazole rings is 1. The molecule has 1 aromatic carbocycles. The number of aromatic nitrogens is 2. The van der Waals surface area contributed by atoms with Crippen LogP contribution in [0.1, 0.15) is 11.5 Å². The molecule has 134 valence electrons. The molecule has 1 aliphatic heterocycles. The molecular weight excluding hydrogens is 351 g/mol. The van der Waals surface area contributed by atoms with Gasteiger partial charge in [-0.1, -0.05) is 12.1 Å². The Labute approximate surface area is 144 Å². The zero-order valence-electron chi connectivity index (χ0n) is 13.3. The lowest BCUT2D eigenvalue weighted by Gasteiger charge is -2.18. The second kappa shape index (κ2) is 6.45. The zero-order chi connectivity index (χ0) is 18.2. The van der Waals surface area contributed by atoms with Crippen LogP contribution in [0.15, 0.2) is 41.8 Å². The lowest BCUT2D eigenvalue weighted by Crippen LogP contribution is -2.39. The molecule has 0 aliphatic carbocycles. The number of carboxylic acid groups (broad SMARTS) is 1. The van der Waals surface area contributed by atoms with Crippen LogP contribution < -0.4 is 5.32 Å². The molecule has 0 radical (unpaired) electrons. The van der Waals surface area contributed by atoms with Crippen molar-refractivity contribution in [1.82, 2.24) is 19.2 Å². The molecule has 2 heterocycles. The number of aryl methyl sites for hydroxylation is 1. The molecule has 0 saturated carbocycles. The lowest BCUT2D eigenvalue weighted by atomic mass is 9.94. The Bertz CT molecular complexity index is 881. The van der Waals surface area contributed by atoms with Crippen molar-refractivity contribution in [3.63, 3.8) is 0 Å². The molecule has 10 heteroatoms. The number of benzene rings is 1. The van der Waals surface area contributed by atoms with Crippen LogP contribution in [0.4, 0.5) is 9.18 Å². The predicted molar refractivity (Wildman–Crippen MR) is 86.1 cm³/mol. The minimum Gasteiger partial charge on any atom is -0.465 e. The van der Waals surface area contributed by atoms with Crippen molar-refractivity contribution in [2.75, 3.05) is 13.1 Å². The first-order chi connectivity index (χ1) is 11.8. The fraction of sp³-hybridized carbons (Fsp3) is 0.333. The van der Waals surface area contributed by atoms with Crippen LogP contribution in [0.3, 0.4) is 0 Å². The highest BCUT2D eigenvalue weighted by molar-refractivity contribution is 7.89. The average Bonchev–Trinajstić information content (AvgIpc) is 3.15. The molecule has 0 unspecified atom stereocenters. The molecule has 25 heavy (non-hydrogen) atoms. The van der Waals surface area contributed by atoms with E-state index >= 15 is 0 Å². The van der Waals surface area contributed by atoms with E-state index in [9.17, 15) is 17.6 Å². The van der Waals surface area contributed by atoms with Gasteiger partial charge in [0, 0.05) is 32.3 Å². The van der Waals surface area contributed by atoms with Crippen LogP contribution in [0.2, 0.25) is 0 Å². The fourth-order valence-corrected chi connectivity index (χ4v) is 4.43. The number of sulfonamides is 1. The molecule has 1 aliphatic rings. The van der Waals surface area contributed by atoms with Gasteiger partial charge in [-0.15, -0.1) is 0 Å². The Hall–Kier alpha value is -2.46. The number of nitrogens with one attached hydrogen (secondary N) is 1. The van der Waals surface area contributed by atoms with Crippen LogP contribution in [0.25, 0.3) is 0 Å². The van der Waals surface area contributed by atoms with E-state index in [-0.39, 0.29) is 18.1 Å². The van der Waals surface area contributed by atoms with Gasteiger partial charge in [-0.3, -0.25) is 0 Å². The summed E-state index contributed by atoms with van der Waals surface area (Å²) >= 11 is 0. The third-order valence-corrected chi connectivity index (χ3v) is 5.90. The second-order valence-electron chi connectivity index (χ2n) is 5.91. The van der Waals surface area contributed by atoms with Gasteiger partial charge in [-0.25, -0.2) is 22.6 Å². The van der Waals surface area contributed by atoms with Crippen LogP contribution in [0, 0.1) is 5.82 Å². The molecular formula is C15H17FN4O4S. The van der Waals surface area contributed by atoms with Crippen molar-refractivity contribution in [3.8, 4) is 0 Å². The molecule has 1 amide bonds. The van der Waals surface area contributed by atoms with E-state index in [0.717, 1.165) is 0 Å². The number of halogens is 1. The molecule has 1 fully saturated rings. The van der Waals surface area contributed by atoms with Gasteiger partial charge in [0.1, 0.15) is 5.82 Å². The number of hydrogen-bond acceptors (Lipinski definition) is 4. The van der Waals surface area contributed by atoms with E-state index in [4.69, 9.17) is 5.11 Å². The Morgan fingerprint density at radius 2 is 2.00 bits per heavy atom. The summed E-state index contributed by atoms with van der Waals surface area (Å²) in [7, 11) is -2.18. The number of nitrogens with zero attached hydrogens (tertiary/aromatic N) is 3. The summed E-state index contributed by atoms with van der Waals surface area (Å²) in [5, 5.41) is 11.3. The van der Waals surface area contributed by atoms with Gasteiger partial charge in [0.25, 0.3) is 10.0 Å². The van der Waals surface area contributed by atoms with Gasteiger partial charge >= 0.3 is 6.09 Å². The Morgan fingerprint density at radius 1 is 1.32 bits per heavy atom. The van der Waals surface area contributed by atoms with Crippen LogP contribution in [-0.2, 0) is 17.1 Å². The molecule has 1 saturated heterocycles. The molecule has 2 N–H and O–H groups in total. The van der Waals surface area contributed by atoms with Gasteiger partial charge in [-0.2, -0.15) is 4.31 Å². The molecule has 1 aromatic heterocycles. The SMILES string of the molecule is Cn1cnc(S(=O)(=O)N2C[C@@H](NC(=O)O)[C@H](c3ccc(F)cc3)C2)c1. The topological polar surface area (TPSA) is 105 Å². The predicted octanol–water partition coefficient (Wildman–Crippen LogP) is 0.983. The van der Waals surface area contributed by atoms with Gasteiger partial charge < -0.3 is 15.0 Å². The van der Waals surface area contributed by atoms with E-state index in [0.29, 0.717) is 5.56 Å². The first-order valence-electron chi connectivity index (χ1n) is 7.50. The number of hydrogen-bond donors (Lipinski definition) is 2. The standard InChI is InChI=1S/C15H17FN4O4S/c1-19-8-14(17-9-19)25(23,24)20-6-12(13(7-20)18-15(21)22)10-2-4-11(16)5-3-10/h2-5,8-9,12-13,18H,6-7H2,1H3,(H,21,22)/t12-,13+/m0/s1. The van der Waals surface area contributed by atoms with E-state index in [1.54, 1.807) is 7.05 Å².